The molecule has 0 aliphatic heterocycles. The zero-order chi connectivity index (χ0) is 14.0. The normalized spacial score (nSPS) is 12.2. The van der Waals surface area contributed by atoms with Crippen molar-refractivity contribution in [2.24, 2.45) is 11.8 Å². The molecule has 0 rings (SSSR count). The van der Waals surface area contributed by atoms with E-state index in [0.29, 0.717) is 6.54 Å². The number of amides is 2. The second-order valence-corrected chi connectivity index (χ2v) is 5.77. The number of thioether (sulfide) groups is 1. The van der Waals surface area contributed by atoms with Gasteiger partial charge in [-0.25, -0.2) is 4.79 Å². The van der Waals surface area contributed by atoms with Gasteiger partial charge < -0.3 is 15.7 Å². The first-order valence-corrected chi connectivity index (χ1v) is 7.46. The number of urea groups is 1. The van der Waals surface area contributed by atoms with Crippen LogP contribution in [0.4, 0.5) is 4.79 Å². The SMILES string of the molecule is CCSCCCNC(=O)NCC(C(=O)O)C(C)C. The summed E-state index contributed by atoms with van der Waals surface area (Å²) in [5, 5.41) is 14.3. The predicted octanol–water partition coefficient (Wildman–Crippen LogP) is 1.79. The first kappa shape index (κ1) is 17.1. The predicted molar refractivity (Wildman–Crippen MR) is 75.0 cm³/mol. The molecule has 0 radical (unpaired) electrons. The number of carboxylic acid groups (broad SMARTS) is 1. The Bertz CT molecular complexity index is 260. The molecule has 0 saturated carbocycles. The van der Waals surface area contributed by atoms with Gasteiger partial charge in [0.05, 0.1) is 5.92 Å². The van der Waals surface area contributed by atoms with Crippen LogP contribution in [0.1, 0.15) is 27.2 Å². The van der Waals surface area contributed by atoms with E-state index in [4.69, 9.17) is 5.11 Å². The lowest BCUT2D eigenvalue weighted by atomic mass is 9.96. The van der Waals surface area contributed by atoms with Gasteiger partial charge in [-0.2, -0.15) is 11.8 Å². The molecule has 0 fully saturated rings. The Hall–Kier alpha value is -0.910. The van der Waals surface area contributed by atoms with Gasteiger partial charge in [0.1, 0.15) is 0 Å². The fraction of sp³-hybridized carbons (Fsp3) is 0.833. The summed E-state index contributed by atoms with van der Waals surface area (Å²) >= 11 is 1.84. The van der Waals surface area contributed by atoms with Gasteiger partial charge >= 0.3 is 12.0 Å². The maximum absolute atomic E-state index is 11.4. The highest BCUT2D eigenvalue weighted by atomic mass is 32.2. The standard InChI is InChI=1S/C12H24N2O3S/c1-4-18-7-5-6-13-12(17)14-8-10(9(2)3)11(15)16/h9-10H,4-8H2,1-3H3,(H,15,16)(H2,13,14,17). The Labute approximate surface area is 113 Å². The van der Waals surface area contributed by atoms with E-state index in [1.165, 1.54) is 0 Å². The number of hydrogen-bond acceptors (Lipinski definition) is 3. The van der Waals surface area contributed by atoms with E-state index in [0.717, 1.165) is 17.9 Å². The van der Waals surface area contributed by atoms with Gasteiger partial charge in [0, 0.05) is 13.1 Å². The Morgan fingerprint density at radius 2 is 1.94 bits per heavy atom. The molecule has 0 spiro atoms. The average Bonchev–Trinajstić information content (AvgIpc) is 2.28. The fourth-order valence-corrected chi connectivity index (χ4v) is 2.03. The molecule has 3 N–H and O–H groups in total. The topological polar surface area (TPSA) is 78.4 Å². The molecule has 2 amide bonds. The lowest BCUT2D eigenvalue weighted by molar-refractivity contribution is -0.142. The number of nitrogens with one attached hydrogen (secondary N) is 2. The molecule has 6 heteroatoms. The number of hydrogen-bond donors (Lipinski definition) is 3. The minimum absolute atomic E-state index is 0.00348. The van der Waals surface area contributed by atoms with E-state index in [1.54, 1.807) is 0 Å². The minimum Gasteiger partial charge on any atom is -0.481 e. The Morgan fingerprint density at radius 1 is 1.28 bits per heavy atom. The number of carbonyl (C=O) groups is 2. The first-order chi connectivity index (χ1) is 8.49. The van der Waals surface area contributed by atoms with E-state index in [1.807, 2.05) is 25.6 Å². The van der Waals surface area contributed by atoms with Gasteiger partial charge in [-0.05, 0) is 23.8 Å². The van der Waals surface area contributed by atoms with Crippen molar-refractivity contribution < 1.29 is 14.7 Å². The van der Waals surface area contributed by atoms with Crippen LogP contribution in [0.2, 0.25) is 0 Å². The van der Waals surface area contributed by atoms with E-state index >= 15 is 0 Å². The van der Waals surface area contributed by atoms with Crippen LogP contribution in [-0.4, -0.2) is 41.7 Å². The van der Waals surface area contributed by atoms with Gasteiger partial charge in [0.2, 0.25) is 0 Å². The van der Waals surface area contributed by atoms with Gasteiger partial charge in [-0.1, -0.05) is 20.8 Å². The van der Waals surface area contributed by atoms with Gasteiger partial charge in [-0.3, -0.25) is 4.79 Å². The van der Waals surface area contributed by atoms with E-state index < -0.39 is 11.9 Å². The highest BCUT2D eigenvalue weighted by Crippen LogP contribution is 2.09. The monoisotopic (exact) mass is 276 g/mol. The molecular weight excluding hydrogens is 252 g/mol. The van der Waals surface area contributed by atoms with Gasteiger partial charge in [0.25, 0.3) is 0 Å². The molecule has 0 aromatic heterocycles. The Balaban J connectivity index is 3.71. The molecule has 0 aromatic rings. The Morgan fingerprint density at radius 3 is 2.44 bits per heavy atom. The number of carbonyl (C=O) groups excluding carboxylic acids is 1. The molecule has 0 aromatic carbocycles. The number of aliphatic carboxylic acids is 1. The summed E-state index contributed by atoms with van der Waals surface area (Å²) < 4.78 is 0. The highest BCUT2D eigenvalue weighted by molar-refractivity contribution is 7.99. The zero-order valence-corrected chi connectivity index (χ0v) is 12.2. The largest absolute Gasteiger partial charge is 0.481 e. The van der Waals surface area contributed by atoms with Crippen LogP contribution in [-0.2, 0) is 4.79 Å². The van der Waals surface area contributed by atoms with Crippen LogP contribution >= 0.6 is 11.8 Å². The van der Waals surface area contributed by atoms with Gasteiger partial charge in [0.15, 0.2) is 0 Å². The lowest BCUT2D eigenvalue weighted by Gasteiger charge is -2.16. The molecule has 0 saturated heterocycles. The molecule has 0 heterocycles. The average molecular weight is 276 g/mol. The van der Waals surface area contributed by atoms with Crippen molar-refractivity contribution in [3.05, 3.63) is 0 Å². The Kier molecular flexibility index (Phi) is 9.55. The zero-order valence-electron chi connectivity index (χ0n) is 11.4. The van der Waals surface area contributed by atoms with Crippen LogP contribution in [0.5, 0.6) is 0 Å². The van der Waals surface area contributed by atoms with Crippen LogP contribution in [0.15, 0.2) is 0 Å². The van der Waals surface area contributed by atoms with E-state index in [-0.39, 0.29) is 18.5 Å². The maximum Gasteiger partial charge on any atom is 0.314 e. The summed E-state index contributed by atoms with van der Waals surface area (Å²) in [5.74, 6) is 0.710. The van der Waals surface area contributed by atoms with E-state index in [2.05, 4.69) is 17.6 Å². The molecule has 0 aliphatic rings. The van der Waals surface area contributed by atoms with E-state index in [9.17, 15) is 9.59 Å². The van der Waals surface area contributed by atoms with Crippen molar-refractivity contribution in [3.8, 4) is 0 Å². The van der Waals surface area contributed by atoms with Crippen molar-refractivity contribution in [1.82, 2.24) is 10.6 Å². The maximum atomic E-state index is 11.4. The smallest absolute Gasteiger partial charge is 0.314 e. The van der Waals surface area contributed by atoms with Gasteiger partial charge in [-0.15, -0.1) is 0 Å². The molecular formula is C12H24N2O3S. The molecule has 0 aliphatic carbocycles. The quantitative estimate of drug-likeness (QED) is 0.561. The molecule has 18 heavy (non-hydrogen) atoms. The second-order valence-electron chi connectivity index (χ2n) is 4.38. The summed E-state index contributed by atoms with van der Waals surface area (Å²) in [7, 11) is 0. The van der Waals surface area contributed by atoms with Crippen LogP contribution < -0.4 is 10.6 Å². The van der Waals surface area contributed by atoms with Crippen LogP contribution in [0.3, 0.4) is 0 Å². The highest BCUT2D eigenvalue weighted by Gasteiger charge is 2.21. The van der Waals surface area contributed by atoms with Crippen molar-refractivity contribution in [2.75, 3.05) is 24.6 Å². The fourth-order valence-electron chi connectivity index (χ4n) is 1.39. The lowest BCUT2D eigenvalue weighted by Crippen LogP contribution is -2.41. The second kappa shape index (κ2) is 10.1. The minimum atomic E-state index is -0.871. The summed E-state index contributed by atoms with van der Waals surface area (Å²) in [6.07, 6.45) is 0.929. The van der Waals surface area contributed by atoms with Crippen molar-refractivity contribution in [3.63, 3.8) is 0 Å². The third-order valence-corrected chi connectivity index (χ3v) is 3.55. The molecule has 106 valence electrons. The van der Waals surface area contributed by atoms with Crippen LogP contribution in [0.25, 0.3) is 0 Å². The number of rotatable bonds is 9. The number of carboxylic acids is 1. The molecule has 5 nitrogen and oxygen atoms in total. The van der Waals surface area contributed by atoms with Crippen LogP contribution in [0, 0.1) is 11.8 Å². The third-order valence-electron chi connectivity index (χ3n) is 2.56. The summed E-state index contributed by atoms with van der Waals surface area (Å²) in [5.41, 5.74) is 0. The first-order valence-electron chi connectivity index (χ1n) is 6.31. The van der Waals surface area contributed by atoms with Crippen molar-refractivity contribution in [1.29, 1.82) is 0 Å². The van der Waals surface area contributed by atoms with Crippen molar-refractivity contribution >= 4 is 23.8 Å². The summed E-state index contributed by atoms with van der Waals surface area (Å²) in [6, 6.07) is -0.289. The summed E-state index contributed by atoms with van der Waals surface area (Å²) in [6.45, 7) is 6.56. The van der Waals surface area contributed by atoms with Crippen molar-refractivity contribution in [2.45, 2.75) is 27.2 Å². The summed E-state index contributed by atoms with van der Waals surface area (Å²) in [4.78, 5) is 22.3. The molecule has 0 bridgehead atoms. The molecule has 1 atom stereocenters. The molecule has 1 unspecified atom stereocenters. The third kappa shape index (κ3) is 8.22.